The van der Waals surface area contributed by atoms with E-state index in [-0.39, 0.29) is 0 Å². The minimum Gasteiger partial charge on any atom is -0.0651 e. The van der Waals surface area contributed by atoms with Crippen LogP contribution in [0.2, 0.25) is 0 Å². The van der Waals surface area contributed by atoms with E-state index < -0.39 is 0 Å². The van der Waals surface area contributed by atoms with Gasteiger partial charge in [0, 0.05) is 0 Å². The molecule has 1 rings (SSSR count). The van der Waals surface area contributed by atoms with Gasteiger partial charge in [0.25, 0.3) is 0 Å². The Bertz CT molecular complexity index is 221. The van der Waals surface area contributed by atoms with Crippen molar-refractivity contribution < 1.29 is 0 Å². The van der Waals surface area contributed by atoms with Crippen LogP contribution in [0.25, 0.3) is 0 Å². The van der Waals surface area contributed by atoms with Crippen molar-refractivity contribution in [1.82, 2.24) is 0 Å². The summed E-state index contributed by atoms with van der Waals surface area (Å²) in [7, 11) is 0. The van der Waals surface area contributed by atoms with Gasteiger partial charge in [-0.1, -0.05) is 57.0 Å². The molecule has 0 aromatic heterocycles. The Morgan fingerprint density at radius 2 is 1.71 bits per heavy atom. The SMILES string of the molecule is CCC([CH]CCc1ccccc1)CC. The second-order valence-electron chi connectivity index (χ2n) is 3.84. The molecule has 0 aliphatic carbocycles. The van der Waals surface area contributed by atoms with E-state index >= 15 is 0 Å². The summed E-state index contributed by atoms with van der Waals surface area (Å²) >= 11 is 0. The molecule has 0 saturated heterocycles. The van der Waals surface area contributed by atoms with Gasteiger partial charge in [-0.2, -0.15) is 0 Å². The first-order valence-corrected chi connectivity index (χ1v) is 5.74. The average molecular weight is 189 g/mol. The lowest BCUT2D eigenvalue weighted by Gasteiger charge is -2.10. The van der Waals surface area contributed by atoms with Crippen LogP contribution < -0.4 is 0 Å². The fourth-order valence-electron chi connectivity index (χ4n) is 1.75. The van der Waals surface area contributed by atoms with Gasteiger partial charge in [-0.25, -0.2) is 0 Å². The maximum absolute atomic E-state index is 2.48. The molecule has 0 saturated carbocycles. The van der Waals surface area contributed by atoms with Crippen LogP contribution in [0, 0.1) is 12.3 Å². The molecule has 0 heterocycles. The highest BCUT2D eigenvalue weighted by Gasteiger charge is 2.02. The lowest BCUT2D eigenvalue weighted by atomic mass is 9.95. The molecule has 0 bridgehead atoms. The van der Waals surface area contributed by atoms with E-state index in [0.717, 1.165) is 5.92 Å². The molecule has 1 aromatic carbocycles. The molecule has 0 nitrogen and oxygen atoms in total. The third kappa shape index (κ3) is 3.95. The van der Waals surface area contributed by atoms with E-state index in [4.69, 9.17) is 0 Å². The van der Waals surface area contributed by atoms with E-state index in [1.807, 2.05) is 0 Å². The zero-order chi connectivity index (χ0) is 10.2. The van der Waals surface area contributed by atoms with Gasteiger partial charge in [-0.05, 0) is 30.7 Å². The van der Waals surface area contributed by atoms with Gasteiger partial charge in [0.15, 0.2) is 0 Å². The Morgan fingerprint density at radius 3 is 2.29 bits per heavy atom. The van der Waals surface area contributed by atoms with Gasteiger partial charge in [-0.3, -0.25) is 0 Å². The molecule has 0 N–H and O–H groups in total. The summed E-state index contributed by atoms with van der Waals surface area (Å²) in [5, 5.41) is 0. The molecule has 77 valence electrons. The van der Waals surface area contributed by atoms with Crippen molar-refractivity contribution >= 4 is 0 Å². The van der Waals surface area contributed by atoms with Crippen molar-refractivity contribution in [2.45, 2.75) is 39.5 Å². The Balaban J connectivity index is 2.21. The molecule has 1 radical (unpaired) electrons. The third-order valence-electron chi connectivity index (χ3n) is 2.82. The molecular weight excluding hydrogens is 168 g/mol. The highest BCUT2D eigenvalue weighted by molar-refractivity contribution is 5.14. The zero-order valence-corrected chi connectivity index (χ0v) is 9.37. The fraction of sp³-hybridized carbons (Fsp3) is 0.500. The summed E-state index contributed by atoms with van der Waals surface area (Å²) in [4.78, 5) is 0. The van der Waals surface area contributed by atoms with Crippen LogP contribution >= 0.6 is 0 Å². The molecule has 0 unspecified atom stereocenters. The van der Waals surface area contributed by atoms with Crippen LogP contribution in [0.5, 0.6) is 0 Å². The second kappa shape index (κ2) is 6.64. The van der Waals surface area contributed by atoms with Crippen LogP contribution in [0.4, 0.5) is 0 Å². The fourth-order valence-corrected chi connectivity index (χ4v) is 1.75. The van der Waals surface area contributed by atoms with Gasteiger partial charge in [0.1, 0.15) is 0 Å². The zero-order valence-electron chi connectivity index (χ0n) is 9.37. The van der Waals surface area contributed by atoms with Crippen molar-refractivity contribution in [3.63, 3.8) is 0 Å². The van der Waals surface area contributed by atoms with Gasteiger partial charge >= 0.3 is 0 Å². The highest BCUT2D eigenvalue weighted by atomic mass is 14.1. The van der Waals surface area contributed by atoms with Gasteiger partial charge < -0.3 is 0 Å². The van der Waals surface area contributed by atoms with Gasteiger partial charge in [0.05, 0.1) is 0 Å². The highest BCUT2D eigenvalue weighted by Crippen LogP contribution is 2.15. The summed E-state index contributed by atoms with van der Waals surface area (Å²) in [5.41, 5.74) is 1.45. The predicted octanol–water partition coefficient (Wildman–Crippen LogP) is 4.26. The van der Waals surface area contributed by atoms with E-state index in [2.05, 4.69) is 50.6 Å². The molecule has 14 heavy (non-hydrogen) atoms. The quantitative estimate of drug-likeness (QED) is 0.627. The van der Waals surface area contributed by atoms with Crippen LogP contribution in [-0.2, 0) is 6.42 Å². The second-order valence-corrected chi connectivity index (χ2v) is 3.84. The Labute approximate surface area is 88.4 Å². The number of hydrogen-bond donors (Lipinski definition) is 0. The first-order chi connectivity index (χ1) is 6.86. The third-order valence-corrected chi connectivity index (χ3v) is 2.82. The van der Waals surface area contributed by atoms with Crippen LogP contribution in [0.3, 0.4) is 0 Å². The lowest BCUT2D eigenvalue weighted by molar-refractivity contribution is 0.542. The summed E-state index contributed by atoms with van der Waals surface area (Å²) < 4.78 is 0. The summed E-state index contributed by atoms with van der Waals surface area (Å²) in [6.07, 6.45) is 7.46. The standard InChI is InChI=1S/C14H21/c1-3-13(4-2)11-8-12-14-9-6-5-7-10-14/h5-7,9-11,13H,3-4,8,12H2,1-2H3. The Hall–Kier alpha value is -0.780. The summed E-state index contributed by atoms with van der Waals surface area (Å²) in [6, 6.07) is 10.7. The molecule has 0 heteroatoms. The van der Waals surface area contributed by atoms with Crippen molar-refractivity contribution in [3.05, 3.63) is 42.3 Å². The summed E-state index contributed by atoms with van der Waals surface area (Å²) in [6.45, 7) is 4.54. The number of rotatable bonds is 6. The van der Waals surface area contributed by atoms with Crippen LogP contribution in [-0.4, -0.2) is 0 Å². The summed E-state index contributed by atoms with van der Waals surface area (Å²) in [5.74, 6) is 0.818. The van der Waals surface area contributed by atoms with E-state index in [1.54, 1.807) is 0 Å². The molecule has 0 aliphatic heterocycles. The van der Waals surface area contributed by atoms with Crippen molar-refractivity contribution in [2.24, 2.45) is 5.92 Å². The number of aryl methyl sites for hydroxylation is 1. The molecule has 0 atom stereocenters. The Kier molecular flexibility index (Phi) is 5.36. The van der Waals surface area contributed by atoms with Crippen LogP contribution in [0.1, 0.15) is 38.7 Å². The van der Waals surface area contributed by atoms with Crippen molar-refractivity contribution in [2.75, 3.05) is 0 Å². The first kappa shape index (κ1) is 11.3. The molecule has 0 spiro atoms. The molecule has 1 aromatic rings. The van der Waals surface area contributed by atoms with Crippen LogP contribution in [0.15, 0.2) is 30.3 Å². The number of benzene rings is 1. The van der Waals surface area contributed by atoms with E-state index in [1.165, 1.54) is 31.2 Å². The first-order valence-electron chi connectivity index (χ1n) is 5.74. The van der Waals surface area contributed by atoms with Gasteiger partial charge in [-0.15, -0.1) is 0 Å². The molecule has 0 fully saturated rings. The smallest absolute Gasteiger partial charge is 0.0276 e. The van der Waals surface area contributed by atoms with Crippen molar-refractivity contribution in [3.8, 4) is 0 Å². The molecular formula is C14H21. The van der Waals surface area contributed by atoms with E-state index in [9.17, 15) is 0 Å². The maximum Gasteiger partial charge on any atom is -0.0276 e. The monoisotopic (exact) mass is 189 g/mol. The molecule has 0 aliphatic rings. The van der Waals surface area contributed by atoms with Gasteiger partial charge in [0.2, 0.25) is 0 Å². The normalized spacial score (nSPS) is 10.8. The largest absolute Gasteiger partial charge is 0.0651 e. The average Bonchev–Trinajstić information content (AvgIpc) is 2.26. The minimum atomic E-state index is 0.818. The Morgan fingerprint density at radius 1 is 1.07 bits per heavy atom. The van der Waals surface area contributed by atoms with Crippen molar-refractivity contribution in [1.29, 1.82) is 0 Å². The number of hydrogen-bond acceptors (Lipinski definition) is 0. The minimum absolute atomic E-state index is 0.818. The lowest BCUT2D eigenvalue weighted by Crippen LogP contribution is -1.98. The predicted molar refractivity (Wildman–Crippen MR) is 63.1 cm³/mol. The maximum atomic E-state index is 2.48. The topological polar surface area (TPSA) is 0 Å². The van der Waals surface area contributed by atoms with E-state index in [0.29, 0.717) is 0 Å². The molecule has 0 amide bonds.